The van der Waals surface area contributed by atoms with Crippen molar-refractivity contribution in [2.24, 2.45) is 11.1 Å². The zero-order valence-electron chi connectivity index (χ0n) is 12.1. The molecule has 0 saturated carbocycles. The number of benzene rings is 1. The van der Waals surface area contributed by atoms with Crippen molar-refractivity contribution in [1.82, 2.24) is 4.31 Å². The number of hydrogen-bond donors (Lipinski definition) is 1. The fourth-order valence-electron chi connectivity index (χ4n) is 2.52. The molecule has 1 heterocycles. The van der Waals surface area contributed by atoms with E-state index in [4.69, 9.17) is 17.3 Å². The summed E-state index contributed by atoms with van der Waals surface area (Å²) in [7, 11) is -3.52. The monoisotopic (exact) mass is 316 g/mol. The van der Waals surface area contributed by atoms with Gasteiger partial charge in [-0.25, -0.2) is 8.42 Å². The predicted molar refractivity (Wildman–Crippen MR) is 81.3 cm³/mol. The fraction of sp³-hybridized carbons (Fsp3) is 0.571. The highest BCUT2D eigenvalue weighted by molar-refractivity contribution is 7.89. The van der Waals surface area contributed by atoms with Crippen molar-refractivity contribution >= 4 is 21.6 Å². The van der Waals surface area contributed by atoms with Crippen LogP contribution in [0.25, 0.3) is 0 Å². The van der Waals surface area contributed by atoms with Gasteiger partial charge in [0.05, 0.1) is 4.90 Å². The van der Waals surface area contributed by atoms with Gasteiger partial charge in [0.2, 0.25) is 10.0 Å². The van der Waals surface area contributed by atoms with E-state index in [1.54, 1.807) is 19.1 Å². The first-order chi connectivity index (χ1) is 9.14. The Morgan fingerprint density at radius 3 is 2.65 bits per heavy atom. The van der Waals surface area contributed by atoms with Crippen molar-refractivity contribution in [3.8, 4) is 0 Å². The van der Waals surface area contributed by atoms with E-state index in [-0.39, 0.29) is 16.4 Å². The second kappa shape index (κ2) is 5.30. The van der Waals surface area contributed by atoms with Crippen molar-refractivity contribution in [2.45, 2.75) is 38.1 Å². The standard InChI is InChI=1S/C14H21ClN2O2S/c1-10-4-5-11(15)8-12(10)20(18,19)17-7-6-13(16)14(2,3)9-17/h4-5,8,13H,6-7,9,16H2,1-3H3. The van der Waals surface area contributed by atoms with Gasteiger partial charge in [-0.05, 0) is 36.5 Å². The largest absolute Gasteiger partial charge is 0.327 e. The number of piperidine rings is 1. The smallest absolute Gasteiger partial charge is 0.243 e. The maximum atomic E-state index is 12.8. The summed E-state index contributed by atoms with van der Waals surface area (Å²) in [5, 5.41) is 0.433. The molecule has 0 aliphatic carbocycles. The SMILES string of the molecule is Cc1ccc(Cl)cc1S(=O)(=O)N1CCC(N)C(C)(C)C1. The maximum absolute atomic E-state index is 12.8. The zero-order valence-corrected chi connectivity index (χ0v) is 13.6. The summed E-state index contributed by atoms with van der Waals surface area (Å²) in [6.45, 7) is 6.68. The average molecular weight is 317 g/mol. The first-order valence-electron chi connectivity index (χ1n) is 6.66. The average Bonchev–Trinajstić information content (AvgIpc) is 2.35. The second-order valence-corrected chi connectivity index (χ2v) is 8.47. The Kier molecular flexibility index (Phi) is 4.17. The van der Waals surface area contributed by atoms with Crippen molar-refractivity contribution < 1.29 is 8.42 Å². The van der Waals surface area contributed by atoms with Crippen LogP contribution in [0, 0.1) is 12.3 Å². The predicted octanol–water partition coefficient (Wildman–Crippen LogP) is 2.40. The molecule has 6 heteroatoms. The minimum Gasteiger partial charge on any atom is -0.327 e. The Hall–Kier alpha value is -0.620. The molecule has 4 nitrogen and oxygen atoms in total. The molecule has 0 radical (unpaired) electrons. The molecule has 2 N–H and O–H groups in total. The van der Waals surface area contributed by atoms with Crippen LogP contribution in [-0.4, -0.2) is 31.9 Å². The highest BCUT2D eigenvalue weighted by atomic mass is 35.5. The van der Waals surface area contributed by atoms with Crippen LogP contribution in [0.1, 0.15) is 25.8 Å². The molecule has 20 heavy (non-hydrogen) atoms. The molecule has 0 spiro atoms. The number of sulfonamides is 1. The van der Waals surface area contributed by atoms with E-state index in [0.717, 1.165) is 0 Å². The molecule has 1 unspecified atom stereocenters. The molecule has 1 aliphatic rings. The molecule has 2 rings (SSSR count). The van der Waals surface area contributed by atoms with Gasteiger partial charge in [-0.1, -0.05) is 31.5 Å². The molecule has 0 bridgehead atoms. The molecule has 1 saturated heterocycles. The summed E-state index contributed by atoms with van der Waals surface area (Å²) in [4.78, 5) is 0.288. The number of hydrogen-bond acceptors (Lipinski definition) is 3. The third-order valence-corrected chi connectivity index (χ3v) is 6.27. The van der Waals surface area contributed by atoms with Crippen LogP contribution in [0.4, 0.5) is 0 Å². The number of nitrogens with zero attached hydrogens (tertiary/aromatic N) is 1. The van der Waals surface area contributed by atoms with Crippen LogP contribution in [-0.2, 0) is 10.0 Å². The third-order valence-electron chi connectivity index (χ3n) is 4.05. The topological polar surface area (TPSA) is 63.4 Å². The Bertz CT molecular complexity index is 614. The molecule has 112 valence electrons. The van der Waals surface area contributed by atoms with Crippen molar-refractivity contribution in [3.05, 3.63) is 28.8 Å². The van der Waals surface area contributed by atoms with Crippen LogP contribution >= 0.6 is 11.6 Å². The summed E-state index contributed by atoms with van der Waals surface area (Å²) in [5.41, 5.74) is 6.55. The van der Waals surface area contributed by atoms with E-state index < -0.39 is 10.0 Å². The number of rotatable bonds is 2. The fourth-order valence-corrected chi connectivity index (χ4v) is 4.63. The minimum absolute atomic E-state index is 0.0226. The Balaban J connectivity index is 2.38. The van der Waals surface area contributed by atoms with Crippen LogP contribution in [0.15, 0.2) is 23.1 Å². The van der Waals surface area contributed by atoms with Gasteiger partial charge >= 0.3 is 0 Å². The lowest BCUT2D eigenvalue weighted by molar-refractivity contribution is 0.155. The van der Waals surface area contributed by atoms with E-state index >= 15 is 0 Å². The highest BCUT2D eigenvalue weighted by Crippen LogP contribution is 2.32. The molecule has 1 fully saturated rings. The Morgan fingerprint density at radius 1 is 1.40 bits per heavy atom. The lowest BCUT2D eigenvalue weighted by atomic mass is 9.81. The summed E-state index contributed by atoms with van der Waals surface area (Å²) in [6, 6.07) is 4.98. The van der Waals surface area contributed by atoms with Gasteiger partial charge in [0.15, 0.2) is 0 Å². The van der Waals surface area contributed by atoms with E-state index in [1.165, 1.54) is 10.4 Å². The van der Waals surface area contributed by atoms with E-state index in [2.05, 4.69) is 0 Å². The van der Waals surface area contributed by atoms with Gasteiger partial charge in [0.25, 0.3) is 0 Å². The van der Waals surface area contributed by atoms with Gasteiger partial charge in [-0.15, -0.1) is 0 Å². The quantitative estimate of drug-likeness (QED) is 0.911. The summed E-state index contributed by atoms with van der Waals surface area (Å²) in [5.74, 6) is 0. The number of nitrogens with two attached hydrogens (primary N) is 1. The molecule has 0 amide bonds. The van der Waals surface area contributed by atoms with Crippen LogP contribution < -0.4 is 5.73 Å². The lowest BCUT2D eigenvalue weighted by Crippen LogP contribution is -2.53. The molecule has 0 aromatic heterocycles. The summed E-state index contributed by atoms with van der Waals surface area (Å²) < 4.78 is 27.1. The molecule has 1 aromatic rings. The molecular formula is C14H21ClN2O2S. The van der Waals surface area contributed by atoms with E-state index in [0.29, 0.717) is 30.1 Å². The van der Waals surface area contributed by atoms with Gasteiger partial charge in [0.1, 0.15) is 0 Å². The molecule has 1 atom stereocenters. The first-order valence-corrected chi connectivity index (χ1v) is 8.48. The number of halogens is 1. The van der Waals surface area contributed by atoms with Gasteiger partial charge in [0, 0.05) is 24.2 Å². The molecular weight excluding hydrogens is 296 g/mol. The van der Waals surface area contributed by atoms with Crippen LogP contribution in [0.5, 0.6) is 0 Å². The van der Waals surface area contributed by atoms with Gasteiger partial charge in [-0.3, -0.25) is 0 Å². The van der Waals surface area contributed by atoms with E-state index in [1.807, 2.05) is 13.8 Å². The van der Waals surface area contributed by atoms with Gasteiger partial charge < -0.3 is 5.73 Å². The molecule has 1 aromatic carbocycles. The van der Waals surface area contributed by atoms with Crippen molar-refractivity contribution in [2.75, 3.05) is 13.1 Å². The normalized spacial score (nSPS) is 23.8. The maximum Gasteiger partial charge on any atom is 0.243 e. The lowest BCUT2D eigenvalue weighted by Gasteiger charge is -2.41. The second-order valence-electron chi connectivity index (χ2n) is 6.13. The number of aryl methyl sites for hydroxylation is 1. The van der Waals surface area contributed by atoms with E-state index in [9.17, 15) is 8.42 Å². The Labute approximate surface area is 126 Å². The third kappa shape index (κ3) is 2.86. The van der Waals surface area contributed by atoms with Crippen molar-refractivity contribution in [3.63, 3.8) is 0 Å². The summed E-state index contributed by atoms with van der Waals surface area (Å²) in [6.07, 6.45) is 0.672. The zero-order chi connectivity index (χ0) is 15.1. The highest BCUT2D eigenvalue weighted by Gasteiger charge is 2.39. The summed E-state index contributed by atoms with van der Waals surface area (Å²) >= 11 is 5.94. The van der Waals surface area contributed by atoms with Gasteiger partial charge in [-0.2, -0.15) is 4.31 Å². The minimum atomic E-state index is -3.52. The first kappa shape index (κ1) is 15.8. The van der Waals surface area contributed by atoms with Crippen molar-refractivity contribution in [1.29, 1.82) is 0 Å². The van der Waals surface area contributed by atoms with Crippen LogP contribution in [0.3, 0.4) is 0 Å². The molecule has 1 aliphatic heterocycles. The Morgan fingerprint density at radius 2 is 2.05 bits per heavy atom. The van der Waals surface area contributed by atoms with Crippen LogP contribution in [0.2, 0.25) is 5.02 Å².